The molecule has 0 atom stereocenters. The zero-order valence-electron chi connectivity index (χ0n) is 21.8. The molecule has 0 aliphatic carbocycles. The Bertz CT molecular complexity index is 1320. The van der Waals surface area contributed by atoms with Crippen molar-refractivity contribution in [1.29, 1.82) is 0 Å². The smallest absolute Gasteiger partial charge is 0.410 e. The highest BCUT2D eigenvalue weighted by Crippen LogP contribution is 2.33. The standard InChI is InChI=1S/C26H33ClFN7O3/c1-26(2,3)38-25(37)33-11-5-8-18(9-6-12-33)35-23(29)20(24(30)36)22(32-35)17-13-31-34(15-17)14-16-7-4-10-19(28)21(16)27/h4,7,10,13,15,18H,5-6,8-9,11-12,14,29H2,1-3H3,(H2,30,36). The van der Waals surface area contributed by atoms with Crippen LogP contribution in [0.5, 0.6) is 0 Å². The molecule has 1 aromatic carbocycles. The van der Waals surface area contributed by atoms with E-state index in [9.17, 15) is 14.0 Å². The van der Waals surface area contributed by atoms with E-state index in [0.717, 1.165) is 12.8 Å². The fourth-order valence-corrected chi connectivity index (χ4v) is 4.82. The van der Waals surface area contributed by atoms with Gasteiger partial charge in [0.1, 0.15) is 28.5 Å². The van der Waals surface area contributed by atoms with E-state index in [4.69, 9.17) is 32.9 Å². The van der Waals surface area contributed by atoms with Gasteiger partial charge in [-0.2, -0.15) is 10.2 Å². The first-order chi connectivity index (χ1) is 17.9. The summed E-state index contributed by atoms with van der Waals surface area (Å²) in [6.07, 6.45) is 5.79. The Hall–Kier alpha value is -3.60. The summed E-state index contributed by atoms with van der Waals surface area (Å²) in [6.45, 7) is 6.88. The predicted octanol–water partition coefficient (Wildman–Crippen LogP) is 4.62. The van der Waals surface area contributed by atoms with Crippen molar-refractivity contribution in [2.75, 3.05) is 18.8 Å². The number of halogens is 2. The third-order valence-corrected chi connectivity index (χ3v) is 6.82. The lowest BCUT2D eigenvalue weighted by Crippen LogP contribution is -2.39. The Morgan fingerprint density at radius 3 is 2.53 bits per heavy atom. The number of anilines is 1. The number of nitrogens with zero attached hydrogens (tertiary/aromatic N) is 5. The average molecular weight is 546 g/mol. The zero-order valence-corrected chi connectivity index (χ0v) is 22.5. The minimum atomic E-state index is -0.688. The summed E-state index contributed by atoms with van der Waals surface area (Å²) in [4.78, 5) is 26.6. The molecule has 10 nitrogen and oxygen atoms in total. The van der Waals surface area contributed by atoms with Crippen molar-refractivity contribution in [3.63, 3.8) is 0 Å². The molecule has 0 bridgehead atoms. The van der Waals surface area contributed by atoms with Crippen LogP contribution in [-0.2, 0) is 11.3 Å². The molecule has 0 saturated carbocycles. The molecule has 2 aromatic heterocycles. The molecule has 2 amide bonds. The number of benzene rings is 1. The van der Waals surface area contributed by atoms with Gasteiger partial charge in [-0.1, -0.05) is 23.7 Å². The monoisotopic (exact) mass is 545 g/mol. The van der Waals surface area contributed by atoms with E-state index in [1.807, 2.05) is 20.8 Å². The normalized spacial score (nSPS) is 15.2. The van der Waals surface area contributed by atoms with E-state index in [1.165, 1.54) is 6.07 Å². The molecule has 4 rings (SSSR count). The predicted molar refractivity (Wildman–Crippen MR) is 142 cm³/mol. The average Bonchev–Trinajstić information content (AvgIpc) is 3.40. The summed E-state index contributed by atoms with van der Waals surface area (Å²) in [7, 11) is 0. The molecule has 0 radical (unpaired) electrons. The van der Waals surface area contributed by atoms with Gasteiger partial charge < -0.3 is 21.1 Å². The number of carbonyl (C=O) groups is 2. The minimum absolute atomic E-state index is 0.0328. The van der Waals surface area contributed by atoms with E-state index < -0.39 is 17.3 Å². The number of amides is 2. The lowest BCUT2D eigenvalue weighted by atomic mass is 10.0. The number of rotatable bonds is 5. The Labute approximate surface area is 225 Å². The highest BCUT2D eigenvalue weighted by Gasteiger charge is 2.28. The van der Waals surface area contributed by atoms with Crippen LogP contribution in [0.4, 0.5) is 15.0 Å². The third-order valence-electron chi connectivity index (χ3n) is 6.39. The number of hydrogen-bond donors (Lipinski definition) is 2. The van der Waals surface area contributed by atoms with Crippen LogP contribution in [-0.4, -0.2) is 55.2 Å². The maximum atomic E-state index is 13.8. The van der Waals surface area contributed by atoms with Gasteiger partial charge in [0.2, 0.25) is 0 Å². The summed E-state index contributed by atoms with van der Waals surface area (Å²) in [5.74, 6) is -0.998. The quantitative estimate of drug-likeness (QED) is 0.480. The topological polar surface area (TPSA) is 134 Å². The lowest BCUT2D eigenvalue weighted by Gasteiger charge is -2.30. The Morgan fingerprint density at radius 1 is 1.21 bits per heavy atom. The van der Waals surface area contributed by atoms with Gasteiger partial charge in [-0.3, -0.25) is 9.48 Å². The highest BCUT2D eigenvalue weighted by atomic mass is 35.5. The van der Waals surface area contributed by atoms with Crippen molar-refractivity contribution in [1.82, 2.24) is 24.5 Å². The van der Waals surface area contributed by atoms with E-state index in [1.54, 1.807) is 38.8 Å². The molecule has 1 fully saturated rings. The number of nitrogens with two attached hydrogens (primary N) is 2. The molecule has 1 saturated heterocycles. The van der Waals surface area contributed by atoms with Gasteiger partial charge >= 0.3 is 6.09 Å². The number of hydrogen-bond acceptors (Lipinski definition) is 6. The third kappa shape index (κ3) is 6.09. The molecule has 1 aliphatic rings. The van der Waals surface area contributed by atoms with Gasteiger partial charge in [0.25, 0.3) is 5.91 Å². The first-order valence-corrected chi connectivity index (χ1v) is 12.9. The molecule has 4 N–H and O–H groups in total. The second-order valence-electron chi connectivity index (χ2n) is 10.5. The molecule has 204 valence electrons. The van der Waals surface area contributed by atoms with Crippen molar-refractivity contribution in [2.24, 2.45) is 5.73 Å². The molecule has 12 heteroatoms. The van der Waals surface area contributed by atoms with Gasteiger partial charge in [-0.05, 0) is 58.1 Å². The number of ether oxygens (including phenoxy) is 1. The van der Waals surface area contributed by atoms with Gasteiger partial charge in [0, 0.05) is 24.8 Å². The van der Waals surface area contributed by atoms with Crippen LogP contribution in [0.2, 0.25) is 5.02 Å². The van der Waals surface area contributed by atoms with E-state index in [0.29, 0.717) is 42.8 Å². The molecule has 0 unspecified atom stereocenters. The molecule has 3 aromatic rings. The van der Waals surface area contributed by atoms with Crippen LogP contribution in [0.1, 0.15) is 68.4 Å². The summed E-state index contributed by atoms with van der Waals surface area (Å²) in [5.41, 5.74) is 13.1. The highest BCUT2D eigenvalue weighted by molar-refractivity contribution is 6.31. The van der Waals surface area contributed by atoms with Crippen LogP contribution in [0.15, 0.2) is 30.6 Å². The van der Waals surface area contributed by atoms with Gasteiger partial charge in [0.05, 0.1) is 23.8 Å². The molecule has 38 heavy (non-hydrogen) atoms. The molecular formula is C26H33ClFN7O3. The maximum Gasteiger partial charge on any atom is 0.410 e. The van der Waals surface area contributed by atoms with Gasteiger partial charge in [-0.15, -0.1) is 0 Å². The van der Waals surface area contributed by atoms with Crippen molar-refractivity contribution in [3.05, 3.63) is 52.6 Å². The zero-order chi connectivity index (χ0) is 27.6. The van der Waals surface area contributed by atoms with Crippen LogP contribution >= 0.6 is 11.6 Å². The fraction of sp³-hybridized carbons (Fsp3) is 0.462. The van der Waals surface area contributed by atoms with Crippen LogP contribution in [0.25, 0.3) is 11.3 Å². The second-order valence-corrected chi connectivity index (χ2v) is 10.8. The summed E-state index contributed by atoms with van der Waals surface area (Å²) < 4.78 is 22.6. The second kappa shape index (κ2) is 11.0. The number of carbonyl (C=O) groups excluding carboxylic acids is 2. The number of primary amides is 1. The van der Waals surface area contributed by atoms with Crippen molar-refractivity contribution in [2.45, 2.75) is 64.6 Å². The lowest BCUT2D eigenvalue weighted by molar-refractivity contribution is 0.0228. The maximum absolute atomic E-state index is 13.8. The van der Waals surface area contributed by atoms with Crippen molar-refractivity contribution >= 4 is 29.4 Å². The first-order valence-electron chi connectivity index (χ1n) is 12.6. The van der Waals surface area contributed by atoms with Gasteiger partial charge in [0.15, 0.2) is 0 Å². The number of nitrogen functional groups attached to an aromatic ring is 1. The van der Waals surface area contributed by atoms with Crippen molar-refractivity contribution in [3.8, 4) is 11.3 Å². The Morgan fingerprint density at radius 2 is 1.89 bits per heavy atom. The summed E-state index contributed by atoms with van der Waals surface area (Å²) in [6, 6.07) is 4.52. The fourth-order valence-electron chi connectivity index (χ4n) is 4.63. The van der Waals surface area contributed by atoms with Gasteiger partial charge in [-0.25, -0.2) is 13.9 Å². The van der Waals surface area contributed by atoms with Crippen LogP contribution in [0, 0.1) is 5.82 Å². The summed E-state index contributed by atoms with van der Waals surface area (Å²) in [5, 5.41) is 9.06. The van der Waals surface area contributed by atoms with Crippen LogP contribution in [0.3, 0.4) is 0 Å². The molecule has 1 aliphatic heterocycles. The summed E-state index contributed by atoms with van der Waals surface area (Å²) >= 11 is 6.09. The Kier molecular flexibility index (Phi) is 7.96. The number of aromatic nitrogens is 4. The SMILES string of the molecule is CC(C)(C)OC(=O)N1CCCC(n2nc(-c3cnn(Cc4cccc(F)c4Cl)c3)c(C(N)=O)c2N)CCC1. The molecular weight excluding hydrogens is 513 g/mol. The van der Waals surface area contributed by atoms with Crippen molar-refractivity contribution < 1.29 is 18.7 Å². The Balaban J connectivity index is 1.53. The van der Waals surface area contributed by atoms with E-state index >= 15 is 0 Å². The molecule has 0 spiro atoms. The van der Waals surface area contributed by atoms with E-state index in [2.05, 4.69) is 5.10 Å². The molecule has 3 heterocycles. The minimum Gasteiger partial charge on any atom is -0.444 e. The first kappa shape index (κ1) is 27.4. The van der Waals surface area contributed by atoms with E-state index in [-0.39, 0.29) is 35.1 Å². The van der Waals surface area contributed by atoms with Crippen LogP contribution < -0.4 is 11.5 Å². The largest absolute Gasteiger partial charge is 0.444 e. The number of likely N-dealkylation sites (tertiary alicyclic amines) is 1.